The van der Waals surface area contributed by atoms with Crippen LogP contribution >= 0.6 is 11.8 Å². The van der Waals surface area contributed by atoms with E-state index in [0.717, 1.165) is 28.1 Å². The molecule has 1 amide bonds. The van der Waals surface area contributed by atoms with Gasteiger partial charge in [-0.15, -0.1) is 11.8 Å². The zero-order valence-electron chi connectivity index (χ0n) is 17.3. The second-order valence-electron chi connectivity index (χ2n) is 7.35. The number of amides is 1. The van der Waals surface area contributed by atoms with Crippen molar-refractivity contribution in [3.63, 3.8) is 0 Å². The van der Waals surface area contributed by atoms with Crippen molar-refractivity contribution in [3.05, 3.63) is 46.3 Å². The number of nitrogens with zero attached hydrogens (tertiary/aromatic N) is 3. The summed E-state index contributed by atoms with van der Waals surface area (Å²) in [6.07, 6.45) is 0. The first-order chi connectivity index (χ1) is 13.7. The maximum Gasteiger partial charge on any atom is 0.243 e. The molecule has 7 nitrogen and oxygen atoms in total. The van der Waals surface area contributed by atoms with Crippen LogP contribution in [0.5, 0.6) is 0 Å². The number of aryl methyl sites for hydroxylation is 4. The molecule has 0 saturated carbocycles. The molecule has 0 atom stereocenters. The van der Waals surface area contributed by atoms with Crippen molar-refractivity contribution < 1.29 is 17.7 Å². The van der Waals surface area contributed by atoms with E-state index in [1.165, 1.54) is 16.1 Å². The molecule has 0 N–H and O–H groups in total. The summed E-state index contributed by atoms with van der Waals surface area (Å²) in [5.74, 6) is 1.85. The lowest BCUT2D eigenvalue weighted by molar-refractivity contribution is -0.129. The van der Waals surface area contributed by atoms with Gasteiger partial charge in [0.15, 0.2) is 0 Å². The van der Waals surface area contributed by atoms with Crippen molar-refractivity contribution in [2.45, 2.75) is 38.3 Å². The molecular formula is C20H27N3O4S2. The highest BCUT2D eigenvalue weighted by atomic mass is 32.2. The molecule has 158 valence electrons. The first-order valence-electron chi connectivity index (χ1n) is 9.55. The predicted molar refractivity (Wildman–Crippen MR) is 113 cm³/mol. The Morgan fingerprint density at radius 3 is 2.41 bits per heavy atom. The lowest BCUT2D eigenvalue weighted by Gasteiger charge is -2.34. The number of hydrogen-bond donors (Lipinski definition) is 0. The van der Waals surface area contributed by atoms with Gasteiger partial charge in [0, 0.05) is 37.5 Å². The highest BCUT2D eigenvalue weighted by Crippen LogP contribution is 2.23. The maximum atomic E-state index is 13.0. The van der Waals surface area contributed by atoms with Crippen molar-refractivity contribution >= 4 is 27.7 Å². The zero-order chi connectivity index (χ0) is 21.2. The molecule has 1 aromatic heterocycles. The lowest BCUT2D eigenvalue weighted by Crippen LogP contribution is -2.51. The summed E-state index contributed by atoms with van der Waals surface area (Å²) in [6, 6.07) is 5.36. The van der Waals surface area contributed by atoms with E-state index in [4.69, 9.17) is 4.52 Å². The fourth-order valence-corrected chi connectivity index (χ4v) is 6.15. The van der Waals surface area contributed by atoms with Gasteiger partial charge in [0.25, 0.3) is 0 Å². The first-order valence-corrected chi connectivity index (χ1v) is 12.1. The molecule has 1 aliphatic heterocycles. The number of piperazine rings is 1. The third-order valence-electron chi connectivity index (χ3n) is 5.19. The highest BCUT2D eigenvalue weighted by Gasteiger charge is 2.31. The van der Waals surface area contributed by atoms with E-state index in [0.29, 0.717) is 42.6 Å². The quantitative estimate of drug-likeness (QED) is 0.691. The Hall–Kier alpha value is -1.84. The van der Waals surface area contributed by atoms with E-state index in [1.807, 2.05) is 39.8 Å². The molecule has 0 spiro atoms. The van der Waals surface area contributed by atoms with E-state index in [-0.39, 0.29) is 5.91 Å². The second-order valence-corrected chi connectivity index (χ2v) is 10.2. The smallest absolute Gasteiger partial charge is 0.243 e. The minimum absolute atomic E-state index is 0.0327. The Morgan fingerprint density at radius 1 is 1.14 bits per heavy atom. The fraction of sp³-hybridized carbons (Fsp3) is 0.500. The van der Waals surface area contributed by atoms with Crippen LogP contribution in [0.1, 0.15) is 28.1 Å². The molecule has 0 radical (unpaired) electrons. The van der Waals surface area contributed by atoms with E-state index >= 15 is 0 Å². The molecule has 1 fully saturated rings. The molecule has 9 heteroatoms. The van der Waals surface area contributed by atoms with Gasteiger partial charge in [-0.3, -0.25) is 4.79 Å². The molecule has 0 bridgehead atoms. The number of carbonyl (C=O) groups excluding carboxylic acids is 1. The normalized spacial score (nSPS) is 15.7. The Labute approximate surface area is 176 Å². The van der Waals surface area contributed by atoms with Crippen LogP contribution in [0.15, 0.2) is 27.6 Å². The van der Waals surface area contributed by atoms with Gasteiger partial charge in [-0.1, -0.05) is 22.9 Å². The van der Waals surface area contributed by atoms with Crippen LogP contribution < -0.4 is 0 Å². The van der Waals surface area contributed by atoms with E-state index < -0.39 is 10.0 Å². The fourth-order valence-electron chi connectivity index (χ4n) is 3.45. The number of hydrogen-bond acceptors (Lipinski definition) is 6. The topological polar surface area (TPSA) is 83.7 Å². The molecule has 1 saturated heterocycles. The van der Waals surface area contributed by atoms with Crippen LogP contribution in [0.25, 0.3) is 0 Å². The van der Waals surface area contributed by atoms with Crippen molar-refractivity contribution in [1.29, 1.82) is 0 Å². The van der Waals surface area contributed by atoms with Crippen molar-refractivity contribution in [2.24, 2.45) is 0 Å². The lowest BCUT2D eigenvalue weighted by atomic mass is 10.2. The van der Waals surface area contributed by atoms with Crippen LogP contribution in [0.3, 0.4) is 0 Å². The van der Waals surface area contributed by atoms with Crippen LogP contribution in [-0.2, 0) is 20.6 Å². The van der Waals surface area contributed by atoms with E-state index in [2.05, 4.69) is 5.16 Å². The van der Waals surface area contributed by atoms with Gasteiger partial charge in [0.05, 0.1) is 16.3 Å². The summed E-state index contributed by atoms with van der Waals surface area (Å²) < 4.78 is 32.6. The molecule has 1 aliphatic rings. The average molecular weight is 438 g/mol. The SMILES string of the molecule is Cc1ccc(S(=O)(=O)N2CCN(C(=O)CSCc3c(C)noc3C)CC2)c(C)c1. The molecule has 0 aliphatic carbocycles. The largest absolute Gasteiger partial charge is 0.361 e. The molecular weight excluding hydrogens is 410 g/mol. The number of aromatic nitrogens is 1. The number of benzene rings is 1. The third kappa shape index (κ3) is 4.84. The average Bonchev–Trinajstić information content (AvgIpc) is 2.99. The van der Waals surface area contributed by atoms with Gasteiger partial charge in [-0.05, 0) is 39.3 Å². The van der Waals surface area contributed by atoms with Crippen LogP contribution in [0.4, 0.5) is 0 Å². The van der Waals surface area contributed by atoms with Gasteiger partial charge < -0.3 is 9.42 Å². The Kier molecular flexibility index (Phi) is 6.70. The number of thioether (sulfide) groups is 1. The second kappa shape index (κ2) is 8.89. The van der Waals surface area contributed by atoms with Crippen molar-refractivity contribution in [1.82, 2.24) is 14.4 Å². The summed E-state index contributed by atoms with van der Waals surface area (Å²) in [7, 11) is -3.54. The van der Waals surface area contributed by atoms with Gasteiger partial charge >= 0.3 is 0 Å². The molecule has 29 heavy (non-hydrogen) atoms. The third-order valence-corrected chi connectivity index (χ3v) is 8.20. The van der Waals surface area contributed by atoms with Crippen LogP contribution in [-0.4, -0.2) is 60.6 Å². The van der Waals surface area contributed by atoms with Gasteiger partial charge in [-0.25, -0.2) is 8.42 Å². The molecule has 3 rings (SSSR count). The number of rotatable bonds is 6. The monoisotopic (exact) mass is 437 g/mol. The standard InChI is InChI=1S/C20H27N3O4S2/c1-14-5-6-19(15(2)11-14)29(25,26)23-9-7-22(8-10-23)20(24)13-28-12-18-16(3)21-27-17(18)4/h5-6,11H,7-10,12-13H2,1-4H3. The van der Waals surface area contributed by atoms with Crippen molar-refractivity contribution in [3.8, 4) is 0 Å². The molecule has 1 aromatic carbocycles. The molecule has 2 heterocycles. The summed E-state index contributed by atoms with van der Waals surface area (Å²) in [5, 5.41) is 3.92. The first kappa shape index (κ1) is 21.9. The van der Waals surface area contributed by atoms with E-state index in [1.54, 1.807) is 11.0 Å². The molecule has 0 unspecified atom stereocenters. The summed E-state index contributed by atoms with van der Waals surface area (Å²) in [4.78, 5) is 14.6. The summed E-state index contributed by atoms with van der Waals surface area (Å²) >= 11 is 1.52. The van der Waals surface area contributed by atoms with Gasteiger partial charge in [0.2, 0.25) is 15.9 Å². The van der Waals surface area contributed by atoms with Crippen LogP contribution in [0.2, 0.25) is 0 Å². The minimum Gasteiger partial charge on any atom is -0.361 e. The summed E-state index contributed by atoms with van der Waals surface area (Å²) in [6.45, 7) is 8.97. The number of sulfonamides is 1. The Morgan fingerprint density at radius 2 is 1.83 bits per heavy atom. The predicted octanol–water partition coefficient (Wildman–Crippen LogP) is 2.67. The summed E-state index contributed by atoms with van der Waals surface area (Å²) in [5.41, 5.74) is 3.67. The van der Waals surface area contributed by atoms with E-state index in [9.17, 15) is 13.2 Å². The number of carbonyl (C=O) groups is 1. The van der Waals surface area contributed by atoms with Gasteiger partial charge in [-0.2, -0.15) is 4.31 Å². The Balaban J connectivity index is 1.53. The molecule has 2 aromatic rings. The van der Waals surface area contributed by atoms with Crippen molar-refractivity contribution in [2.75, 3.05) is 31.9 Å². The Bertz CT molecular complexity index is 974. The zero-order valence-corrected chi connectivity index (χ0v) is 18.9. The minimum atomic E-state index is -3.54. The maximum absolute atomic E-state index is 13.0. The highest BCUT2D eigenvalue weighted by molar-refractivity contribution is 7.99. The van der Waals surface area contributed by atoms with Gasteiger partial charge in [0.1, 0.15) is 5.76 Å². The van der Waals surface area contributed by atoms with Crippen LogP contribution in [0, 0.1) is 27.7 Å².